The second kappa shape index (κ2) is 7.64. The summed E-state index contributed by atoms with van der Waals surface area (Å²) in [5, 5.41) is -0.0745. The molecule has 3 rings (SSSR count). The largest absolute Gasteiger partial charge is 0.468 e. The number of thioether (sulfide) groups is 1. The fourth-order valence-electron chi connectivity index (χ4n) is 2.66. The maximum Gasteiger partial charge on any atom is 0.416 e. The zero-order valence-corrected chi connectivity index (χ0v) is 15.5. The van der Waals surface area contributed by atoms with Crippen LogP contribution in [-0.2, 0) is 22.3 Å². The lowest BCUT2D eigenvalue weighted by Crippen LogP contribution is -2.15. The first-order valence-electron chi connectivity index (χ1n) is 8.15. The van der Waals surface area contributed by atoms with Crippen molar-refractivity contribution in [2.24, 2.45) is 0 Å². The fourth-order valence-corrected chi connectivity index (χ4v) is 3.61. The molecule has 4 nitrogen and oxygen atoms in total. The molecule has 142 valence electrons. The number of hydrogen-bond donors (Lipinski definition) is 0. The van der Waals surface area contributed by atoms with Gasteiger partial charge in [0.05, 0.1) is 30.3 Å². The van der Waals surface area contributed by atoms with Crippen molar-refractivity contribution in [3.63, 3.8) is 0 Å². The quantitative estimate of drug-likeness (QED) is 0.462. The van der Waals surface area contributed by atoms with E-state index in [1.807, 2.05) is 34.9 Å². The van der Waals surface area contributed by atoms with E-state index in [4.69, 9.17) is 4.74 Å². The molecule has 2 aromatic carbocycles. The number of hydrogen-bond acceptors (Lipinski definition) is 4. The van der Waals surface area contributed by atoms with Crippen molar-refractivity contribution < 1.29 is 22.7 Å². The van der Waals surface area contributed by atoms with Gasteiger partial charge in [0.1, 0.15) is 5.25 Å². The van der Waals surface area contributed by atoms with E-state index < -0.39 is 23.0 Å². The third-order valence-electron chi connectivity index (χ3n) is 4.04. The number of nitrogens with zero attached hydrogens (tertiary/aromatic N) is 2. The predicted octanol–water partition coefficient (Wildman–Crippen LogP) is 4.76. The van der Waals surface area contributed by atoms with Crippen LogP contribution >= 0.6 is 11.8 Å². The van der Waals surface area contributed by atoms with Gasteiger partial charge in [0.25, 0.3) is 0 Å². The molecule has 0 unspecified atom stereocenters. The topological polar surface area (TPSA) is 44.1 Å². The van der Waals surface area contributed by atoms with Crippen molar-refractivity contribution in [1.82, 2.24) is 9.55 Å². The number of aromatic nitrogens is 2. The van der Waals surface area contributed by atoms with Crippen LogP contribution in [0.15, 0.2) is 53.7 Å². The van der Waals surface area contributed by atoms with Gasteiger partial charge in [-0.15, -0.1) is 0 Å². The molecule has 0 spiro atoms. The zero-order chi connectivity index (χ0) is 19.6. The van der Waals surface area contributed by atoms with Gasteiger partial charge in [0.15, 0.2) is 5.16 Å². The number of imidazole rings is 1. The van der Waals surface area contributed by atoms with Crippen molar-refractivity contribution in [3.05, 3.63) is 59.7 Å². The first-order valence-corrected chi connectivity index (χ1v) is 9.03. The van der Waals surface area contributed by atoms with Gasteiger partial charge >= 0.3 is 12.1 Å². The van der Waals surface area contributed by atoms with Crippen LogP contribution in [0.1, 0.15) is 18.1 Å². The molecule has 1 heterocycles. The van der Waals surface area contributed by atoms with Crippen molar-refractivity contribution in [2.75, 3.05) is 7.11 Å². The summed E-state index contributed by atoms with van der Waals surface area (Å²) in [5.41, 5.74) is 1.04. The van der Waals surface area contributed by atoms with E-state index in [9.17, 15) is 18.0 Å². The molecule has 0 fully saturated rings. The molecule has 0 N–H and O–H groups in total. The van der Waals surface area contributed by atoms with E-state index in [2.05, 4.69) is 4.98 Å². The molecule has 0 bridgehead atoms. The molecule has 27 heavy (non-hydrogen) atoms. The van der Waals surface area contributed by atoms with Gasteiger partial charge in [-0.05, 0) is 30.7 Å². The number of carbonyl (C=O) groups is 1. The molecule has 8 heteroatoms. The summed E-state index contributed by atoms with van der Waals surface area (Å²) in [6.45, 7) is 2.10. The van der Waals surface area contributed by atoms with E-state index in [0.717, 1.165) is 29.5 Å². The van der Waals surface area contributed by atoms with Crippen LogP contribution < -0.4 is 0 Å². The number of esters is 1. The molecule has 3 aromatic rings. The number of rotatable bonds is 5. The van der Waals surface area contributed by atoms with Gasteiger partial charge in [-0.3, -0.25) is 4.79 Å². The van der Waals surface area contributed by atoms with Crippen LogP contribution in [-0.4, -0.2) is 27.9 Å². The Morgan fingerprint density at radius 1 is 1.22 bits per heavy atom. The molecule has 0 aliphatic rings. The average Bonchev–Trinajstić information content (AvgIpc) is 2.97. The summed E-state index contributed by atoms with van der Waals surface area (Å²) in [4.78, 5) is 16.1. The Morgan fingerprint density at radius 3 is 2.56 bits per heavy atom. The summed E-state index contributed by atoms with van der Waals surface area (Å²) in [6, 6.07) is 13.0. The molecule has 0 amide bonds. The zero-order valence-electron chi connectivity index (χ0n) is 14.7. The van der Waals surface area contributed by atoms with E-state index in [1.165, 1.54) is 13.2 Å². The van der Waals surface area contributed by atoms with Crippen LogP contribution in [0.4, 0.5) is 13.2 Å². The Kier molecular flexibility index (Phi) is 5.46. The molecule has 0 aliphatic carbocycles. The van der Waals surface area contributed by atoms with E-state index in [1.54, 1.807) is 6.92 Å². The highest BCUT2D eigenvalue weighted by molar-refractivity contribution is 8.00. The molecule has 0 aliphatic heterocycles. The van der Waals surface area contributed by atoms with Gasteiger partial charge in [0, 0.05) is 0 Å². The van der Waals surface area contributed by atoms with Crippen LogP contribution in [0.5, 0.6) is 0 Å². The molecule has 1 atom stereocenters. The lowest BCUT2D eigenvalue weighted by Gasteiger charge is -2.12. The Hall–Kier alpha value is -2.48. The van der Waals surface area contributed by atoms with Crippen molar-refractivity contribution in [3.8, 4) is 0 Å². The number of alkyl halides is 3. The second-order valence-electron chi connectivity index (χ2n) is 5.95. The Morgan fingerprint density at radius 2 is 1.93 bits per heavy atom. The number of methoxy groups -OCH3 is 1. The normalized spacial score (nSPS) is 12.9. The molecular formula is C19H17F3N2O2S. The highest BCUT2D eigenvalue weighted by Gasteiger charge is 2.31. The van der Waals surface area contributed by atoms with E-state index >= 15 is 0 Å². The summed E-state index contributed by atoms with van der Waals surface area (Å²) in [6.07, 6.45) is -4.44. The van der Waals surface area contributed by atoms with Crippen molar-refractivity contribution in [1.29, 1.82) is 0 Å². The molecule has 0 radical (unpaired) electrons. The average molecular weight is 394 g/mol. The number of benzene rings is 2. The third kappa shape index (κ3) is 4.27. The standard InChI is InChI=1S/C19H17F3N2O2S/c1-12(17(25)26-2)27-18-23-15-10-14(19(20,21)22)8-9-16(15)24(18)11-13-6-4-3-5-7-13/h3-10,12H,11H2,1-2H3/t12-/m0/s1. The van der Waals surface area contributed by atoms with Crippen LogP contribution in [0.3, 0.4) is 0 Å². The Bertz CT molecular complexity index is 955. The minimum absolute atomic E-state index is 0.236. The smallest absolute Gasteiger partial charge is 0.416 e. The number of halogens is 3. The second-order valence-corrected chi connectivity index (χ2v) is 7.26. The summed E-state index contributed by atoms with van der Waals surface area (Å²) < 4.78 is 45.6. The minimum atomic E-state index is -4.44. The maximum absolute atomic E-state index is 13.0. The SMILES string of the molecule is COC(=O)[C@H](C)Sc1nc2cc(C(F)(F)F)ccc2n1Cc1ccccc1. The van der Waals surface area contributed by atoms with Crippen LogP contribution in [0.2, 0.25) is 0 Å². The van der Waals surface area contributed by atoms with E-state index in [0.29, 0.717) is 17.2 Å². The Balaban J connectivity index is 2.07. The van der Waals surface area contributed by atoms with E-state index in [-0.39, 0.29) is 5.52 Å². The maximum atomic E-state index is 13.0. The summed E-state index contributed by atoms with van der Waals surface area (Å²) >= 11 is 1.16. The third-order valence-corrected chi connectivity index (χ3v) is 5.11. The van der Waals surface area contributed by atoms with Crippen molar-refractivity contribution >= 4 is 28.8 Å². The van der Waals surface area contributed by atoms with Crippen LogP contribution in [0, 0.1) is 0 Å². The van der Waals surface area contributed by atoms with Crippen LogP contribution in [0.25, 0.3) is 11.0 Å². The molecule has 0 saturated heterocycles. The fraction of sp³-hybridized carbons (Fsp3) is 0.263. The van der Waals surface area contributed by atoms with Gasteiger partial charge < -0.3 is 9.30 Å². The number of fused-ring (bicyclic) bond motifs is 1. The lowest BCUT2D eigenvalue weighted by atomic mass is 10.2. The van der Waals surface area contributed by atoms with Gasteiger partial charge in [-0.2, -0.15) is 13.2 Å². The first-order chi connectivity index (χ1) is 12.8. The summed E-state index contributed by atoms with van der Waals surface area (Å²) in [5.74, 6) is -0.422. The molecule has 0 saturated carbocycles. The Labute approximate surface area is 158 Å². The van der Waals surface area contributed by atoms with Crippen molar-refractivity contribution in [2.45, 2.75) is 30.1 Å². The highest BCUT2D eigenvalue weighted by Crippen LogP contribution is 2.34. The van der Waals surface area contributed by atoms with Gasteiger partial charge in [-0.25, -0.2) is 4.98 Å². The monoisotopic (exact) mass is 394 g/mol. The number of carbonyl (C=O) groups excluding carboxylic acids is 1. The first kappa shape index (κ1) is 19.3. The lowest BCUT2D eigenvalue weighted by molar-refractivity contribution is -0.139. The molecular weight excluding hydrogens is 377 g/mol. The predicted molar refractivity (Wildman–Crippen MR) is 97.6 cm³/mol. The number of ether oxygens (including phenoxy) is 1. The van der Waals surface area contributed by atoms with Gasteiger partial charge in [-0.1, -0.05) is 42.1 Å². The summed E-state index contributed by atoms with van der Waals surface area (Å²) in [7, 11) is 1.29. The molecule has 1 aromatic heterocycles. The van der Waals surface area contributed by atoms with Gasteiger partial charge in [0.2, 0.25) is 0 Å². The minimum Gasteiger partial charge on any atom is -0.468 e. The highest BCUT2D eigenvalue weighted by atomic mass is 32.2.